The van der Waals surface area contributed by atoms with Crippen LogP contribution in [0.4, 0.5) is 0 Å². The fourth-order valence-corrected chi connectivity index (χ4v) is 2.40. The van der Waals surface area contributed by atoms with Gasteiger partial charge in [-0.25, -0.2) is 13.4 Å². The van der Waals surface area contributed by atoms with Crippen LogP contribution in [0, 0.1) is 6.92 Å². The summed E-state index contributed by atoms with van der Waals surface area (Å²) in [6, 6.07) is 8.09. The third-order valence-corrected chi connectivity index (χ3v) is 4.61. The summed E-state index contributed by atoms with van der Waals surface area (Å²) in [7, 11) is -3.19. The van der Waals surface area contributed by atoms with Crippen LogP contribution >= 0.6 is 15.9 Å². The van der Waals surface area contributed by atoms with Crippen LogP contribution in [0.2, 0.25) is 0 Å². The van der Waals surface area contributed by atoms with Gasteiger partial charge in [0.2, 0.25) is 5.88 Å². The number of hydrogen-bond donors (Lipinski definition) is 0. The van der Waals surface area contributed by atoms with Crippen molar-refractivity contribution in [2.75, 3.05) is 6.26 Å². The van der Waals surface area contributed by atoms with Crippen molar-refractivity contribution in [1.29, 1.82) is 0 Å². The van der Waals surface area contributed by atoms with Gasteiger partial charge in [-0.1, -0.05) is 0 Å². The average Bonchev–Trinajstić information content (AvgIpc) is 2.35. The Kier molecular flexibility index (Phi) is 3.91. The molecule has 1 heterocycles. The molecule has 100 valence electrons. The molecule has 0 atom stereocenters. The highest BCUT2D eigenvalue weighted by atomic mass is 79.9. The van der Waals surface area contributed by atoms with E-state index in [4.69, 9.17) is 4.74 Å². The summed E-state index contributed by atoms with van der Waals surface area (Å²) < 4.78 is 29.1. The molecule has 0 N–H and O–H groups in total. The lowest BCUT2D eigenvalue weighted by atomic mass is 10.3. The molecule has 0 aliphatic rings. The van der Waals surface area contributed by atoms with Gasteiger partial charge in [0.1, 0.15) is 5.75 Å². The van der Waals surface area contributed by atoms with E-state index in [1.165, 1.54) is 18.4 Å². The zero-order valence-corrected chi connectivity index (χ0v) is 12.8. The molecule has 0 saturated carbocycles. The Morgan fingerprint density at radius 2 is 1.79 bits per heavy atom. The summed E-state index contributed by atoms with van der Waals surface area (Å²) in [5.41, 5.74) is 1.01. The van der Waals surface area contributed by atoms with E-state index in [9.17, 15) is 8.42 Å². The summed E-state index contributed by atoms with van der Waals surface area (Å²) >= 11 is 3.40. The summed E-state index contributed by atoms with van der Waals surface area (Å²) in [5.74, 6) is 0.985. The number of rotatable bonds is 3. The fourth-order valence-electron chi connectivity index (χ4n) is 1.45. The Labute approximate surface area is 120 Å². The third-order valence-electron chi connectivity index (χ3n) is 2.52. The molecular formula is C13H12BrNO3S. The van der Waals surface area contributed by atoms with Gasteiger partial charge in [-0.05, 0) is 58.7 Å². The van der Waals surface area contributed by atoms with Gasteiger partial charge in [-0.3, -0.25) is 0 Å². The van der Waals surface area contributed by atoms with Crippen molar-refractivity contribution in [3.05, 3.63) is 46.6 Å². The van der Waals surface area contributed by atoms with Crippen molar-refractivity contribution in [2.24, 2.45) is 0 Å². The quantitative estimate of drug-likeness (QED) is 0.858. The molecule has 0 bridgehead atoms. The number of halogens is 1. The summed E-state index contributed by atoms with van der Waals surface area (Å²) in [4.78, 5) is 4.38. The van der Waals surface area contributed by atoms with Crippen LogP contribution in [0.15, 0.2) is 45.9 Å². The molecule has 2 aromatic rings. The van der Waals surface area contributed by atoms with Crippen LogP contribution in [0.1, 0.15) is 5.56 Å². The Hall–Kier alpha value is -1.40. The van der Waals surface area contributed by atoms with Gasteiger partial charge in [0.05, 0.1) is 9.37 Å². The summed E-state index contributed by atoms with van der Waals surface area (Å²) in [6.07, 6.45) is 2.82. The Morgan fingerprint density at radius 1 is 1.16 bits per heavy atom. The summed E-state index contributed by atoms with van der Waals surface area (Å²) in [5, 5.41) is 0. The van der Waals surface area contributed by atoms with Gasteiger partial charge in [0.25, 0.3) is 0 Å². The normalized spacial score (nSPS) is 11.3. The van der Waals surface area contributed by atoms with Gasteiger partial charge >= 0.3 is 0 Å². The van der Waals surface area contributed by atoms with Crippen LogP contribution in [-0.4, -0.2) is 19.7 Å². The van der Waals surface area contributed by atoms with Crippen molar-refractivity contribution in [3.63, 3.8) is 0 Å². The van der Waals surface area contributed by atoms with Crippen molar-refractivity contribution in [1.82, 2.24) is 4.98 Å². The Morgan fingerprint density at radius 3 is 2.37 bits per heavy atom. The molecule has 0 fully saturated rings. The number of aromatic nitrogens is 1. The maximum atomic E-state index is 11.3. The van der Waals surface area contributed by atoms with Gasteiger partial charge < -0.3 is 4.74 Å². The molecule has 0 amide bonds. The highest BCUT2D eigenvalue weighted by molar-refractivity contribution is 9.10. The van der Waals surface area contributed by atoms with E-state index in [1.54, 1.807) is 18.3 Å². The number of ether oxygens (including phenoxy) is 1. The molecule has 2 rings (SSSR count). The van der Waals surface area contributed by atoms with E-state index >= 15 is 0 Å². The number of pyridine rings is 1. The number of nitrogens with zero attached hydrogens (tertiary/aromatic N) is 1. The average molecular weight is 342 g/mol. The first-order chi connectivity index (χ1) is 8.88. The zero-order valence-electron chi connectivity index (χ0n) is 10.4. The van der Waals surface area contributed by atoms with Gasteiger partial charge in [0, 0.05) is 12.5 Å². The molecule has 0 aliphatic carbocycles. The maximum Gasteiger partial charge on any atom is 0.233 e. The smallest absolute Gasteiger partial charge is 0.233 e. The van der Waals surface area contributed by atoms with Gasteiger partial charge in [0.15, 0.2) is 9.84 Å². The minimum Gasteiger partial charge on any atom is -0.438 e. The highest BCUT2D eigenvalue weighted by Gasteiger charge is 2.09. The zero-order chi connectivity index (χ0) is 14.0. The van der Waals surface area contributed by atoms with Crippen molar-refractivity contribution in [3.8, 4) is 11.6 Å². The standard InChI is InChI=1S/C13H12BrNO3S/c1-9-7-8-15-13(12(9)14)18-10-3-5-11(6-4-10)19(2,16)17/h3-8H,1-2H3. The van der Waals surface area contributed by atoms with Crippen molar-refractivity contribution >= 4 is 25.8 Å². The second-order valence-corrected chi connectivity index (χ2v) is 6.90. The number of benzene rings is 1. The van der Waals surface area contributed by atoms with Crippen LogP contribution in [0.25, 0.3) is 0 Å². The van der Waals surface area contributed by atoms with Crippen molar-refractivity contribution in [2.45, 2.75) is 11.8 Å². The number of sulfone groups is 1. The van der Waals surface area contributed by atoms with E-state index in [1.807, 2.05) is 13.0 Å². The molecule has 6 heteroatoms. The first-order valence-corrected chi connectivity index (χ1v) is 8.15. The molecule has 4 nitrogen and oxygen atoms in total. The topological polar surface area (TPSA) is 56.3 Å². The Balaban J connectivity index is 2.27. The highest BCUT2D eigenvalue weighted by Crippen LogP contribution is 2.30. The van der Waals surface area contributed by atoms with Crippen LogP contribution in [-0.2, 0) is 9.84 Å². The van der Waals surface area contributed by atoms with Crippen LogP contribution < -0.4 is 4.74 Å². The number of hydrogen-bond acceptors (Lipinski definition) is 4. The second kappa shape index (κ2) is 5.30. The van der Waals surface area contributed by atoms with E-state index in [0.29, 0.717) is 11.6 Å². The van der Waals surface area contributed by atoms with Gasteiger partial charge in [-0.15, -0.1) is 0 Å². The lowest BCUT2D eigenvalue weighted by Gasteiger charge is -2.08. The SMILES string of the molecule is Cc1ccnc(Oc2ccc(S(C)(=O)=O)cc2)c1Br. The van der Waals surface area contributed by atoms with Crippen molar-refractivity contribution < 1.29 is 13.2 Å². The van der Waals surface area contributed by atoms with E-state index < -0.39 is 9.84 Å². The largest absolute Gasteiger partial charge is 0.438 e. The molecule has 0 spiro atoms. The molecular weight excluding hydrogens is 330 g/mol. The third kappa shape index (κ3) is 3.33. The minimum atomic E-state index is -3.19. The lowest BCUT2D eigenvalue weighted by Crippen LogP contribution is -1.96. The maximum absolute atomic E-state index is 11.3. The molecule has 0 saturated heterocycles. The van der Waals surface area contributed by atoms with E-state index in [2.05, 4.69) is 20.9 Å². The predicted molar refractivity (Wildman–Crippen MR) is 76.3 cm³/mol. The van der Waals surface area contributed by atoms with Crippen LogP contribution in [0.3, 0.4) is 0 Å². The fraction of sp³-hybridized carbons (Fsp3) is 0.154. The molecule has 1 aromatic carbocycles. The van der Waals surface area contributed by atoms with E-state index in [0.717, 1.165) is 10.0 Å². The monoisotopic (exact) mass is 341 g/mol. The first kappa shape index (κ1) is 14.0. The lowest BCUT2D eigenvalue weighted by molar-refractivity contribution is 0.458. The molecule has 0 radical (unpaired) electrons. The van der Waals surface area contributed by atoms with E-state index in [-0.39, 0.29) is 4.90 Å². The number of aryl methyl sites for hydroxylation is 1. The van der Waals surface area contributed by atoms with Crippen LogP contribution in [0.5, 0.6) is 11.6 Å². The first-order valence-electron chi connectivity index (χ1n) is 5.47. The molecule has 1 aromatic heterocycles. The predicted octanol–water partition coefficient (Wildman–Crippen LogP) is 3.35. The molecule has 0 aliphatic heterocycles. The molecule has 0 unspecified atom stereocenters. The van der Waals surface area contributed by atoms with Gasteiger partial charge in [-0.2, -0.15) is 0 Å². The summed E-state index contributed by atoms with van der Waals surface area (Å²) in [6.45, 7) is 1.94. The Bertz CT molecular complexity index is 696. The molecule has 19 heavy (non-hydrogen) atoms. The second-order valence-electron chi connectivity index (χ2n) is 4.09. The minimum absolute atomic E-state index is 0.260.